The molecule has 2 N–H and O–H groups in total. The maximum Gasteiger partial charge on any atom is 0.354 e. The van der Waals surface area contributed by atoms with Crippen LogP contribution in [0.5, 0.6) is 0 Å². The van der Waals surface area contributed by atoms with Crippen LogP contribution in [0.4, 0.5) is 5.69 Å². The highest BCUT2D eigenvalue weighted by molar-refractivity contribution is 5.86. The topological polar surface area (TPSA) is 62.2 Å². The van der Waals surface area contributed by atoms with Crippen molar-refractivity contribution in [3.8, 4) is 0 Å². The molecule has 0 atom stereocenters. The summed E-state index contributed by atoms with van der Waals surface area (Å²) in [6.07, 6.45) is 10.4. The van der Waals surface area contributed by atoms with Crippen LogP contribution < -0.4 is 5.32 Å². The third-order valence-electron chi connectivity index (χ3n) is 3.46. The molecule has 98 valence electrons. The first-order valence-corrected chi connectivity index (χ1v) is 6.71. The smallest absolute Gasteiger partial charge is 0.354 e. The third-order valence-corrected chi connectivity index (χ3v) is 3.46. The van der Waals surface area contributed by atoms with Crippen LogP contribution in [-0.2, 0) is 0 Å². The number of carboxylic acid groups (broad SMARTS) is 1. The Morgan fingerprint density at radius 1 is 1.22 bits per heavy atom. The molecule has 0 unspecified atom stereocenters. The van der Waals surface area contributed by atoms with Crippen LogP contribution in [-0.4, -0.2) is 22.1 Å². The Morgan fingerprint density at radius 2 is 1.89 bits per heavy atom. The average Bonchev–Trinajstić information content (AvgIpc) is 2.33. The number of hydrogen-bond donors (Lipinski definition) is 2. The first-order chi connectivity index (χ1) is 8.75. The zero-order valence-corrected chi connectivity index (χ0v) is 10.6. The van der Waals surface area contributed by atoms with E-state index in [1.165, 1.54) is 44.9 Å². The summed E-state index contributed by atoms with van der Waals surface area (Å²) in [6.45, 7) is 0. The number of nitrogens with zero attached hydrogens (tertiary/aromatic N) is 1. The van der Waals surface area contributed by atoms with Gasteiger partial charge in [0.1, 0.15) is 5.69 Å². The minimum atomic E-state index is -0.976. The van der Waals surface area contributed by atoms with Crippen LogP contribution in [0.15, 0.2) is 18.3 Å². The van der Waals surface area contributed by atoms with Crippen LogP contribution in [0.3, 0.4) is 0 Å². The predicted molar refractivity (Wildman–Crippen MR) is 70.9 cm³/mol. The molecular weight excluding hydrogens is 228 g/mol. The standard InChI is InChI=1S/C14H20N2O2/c17-14(18)13-10-12(8-9-15-13)16-11-6-4-2-1-3-5-7-11/h8-11H,1-7H2,(H,15,16)(H,17,18). The SMILES string of the molecule is O=C(O)c1cc(NC2CCCCCCC2)ccn1. The zero-order chi connectivity index (χ0) is 12.8. The lowest BCUT2D eigenvalue weighted by Crippen LogP contribution is -2.20. The normalized spacial score (nSPS) is 17.8. The van der Waals surface area contributed by atoms with Crippen molar-refractivity contribution in [2.45, 2.75) is 51.0 Å². The molecule has 1 heterocycles. The second kappa shape index (κ2) is 6.38. The van der Waals surface area contributed by atoms with Crippen molar-refractivity contribution in [3.05, 3.63) is 24.0 Å². The molecule has 0 aliphatic heterocycles. The summed E-state index contributed by atoms with van der Waals surface area (Å²) < 4.78 is 0. The highest BCUT2D eigenvalue weighted by Crippen LogP contribution is 2.20. The van der Waals surface area contributed by atoms with Gasteiger partial charge in [0.25, 0.3) is 0 Å². The van der Waals surface area contributed by atoms with E-state index in [-0.39, 0.29) is 5.69 Å². The largest absolute Gasteiger partial charge is 0.477 e. The average molecular weight is 248 g/mol. The van der Waals surface area contributed by atoms with E-state index in [4.69, 9.17) is 5.11 Å². The van der Waals surface area contributed by atoms with E-state index in [0.29, 0.717) is 6.04 Å². The molecule has 0 bridgehead atoms. The lowest BCUT2D eigenvalue weighted by atomic mass is 9.96. The summed E-state index contributed by atoms with van der Waals surface area (Å²) in [7, 11) is 0. The maximum atomic E-state index is 10.9. The Balaban J connectivity index is 1.98. The summed E-state index contributed by atoms with van der Waals surface area (Å²) in [5.74, 6) is -0.976. The summed E-state index contributed by atoms with van der Waals surface area (Å²) in [5, 5.41) is 12.3. The lowest BCUT2D eigenvalue weighted by molar-refractivity contribution is 0.0690. The molecule has 0 spiro atoms. The van der Waals surface area contributed by atoms with Gasteiger partial charge in [0.15, 0.2) is 0 Å². The summed E-state index contributed by atoms with van der Waals surface area (Å²) in [5.41, 5.74) is 0.971. The number of anilines is 1. The van der Waals surface area contributed by atoms with E-state index in [9.17, 15) is 4.79 Å². The number of carbonyl (C=O) groups is 1. The fraction of sp³-hybridized carbons (Fsp3) is 0.571. The van der Waals surface area contributed by atoms with Crippen LogP contribution in [0.1, 0.15) is 55.4 Å². The van der Waals surface area contributed by atoms with Gasteiger partial charge in [0.2, 0.25) is 0 Å². The van der Waals surface area contributed by atoms with Crippen LogP contribution in [0.2, 0.25) is 0 Å². The number of aromatic nitrogens is 1. The van der Waals surface area contributed by atoms with Crippen molar-refractivity contribution in [2.24, 2.45) is 0 Å². The first-order valence-electron chi connectivity index (χ1n) is 6.71. The van der Waals surface area contributed by atoms with Gasteiger partial charge in [-0.05, 0) is 25.0 Å². The second-order valence-corrected chi connectivity index (χ2v) is 4.92. The van der Waals surface area contributed by atoms with Crippen molar-refractivity contribution >= 4 is 11.7 Å². The minimum absolute atomic E-state index is 0.103. The molecule has 2 rings (SSSR count). The van der Waals surface area contributed by atoms with Gasteiger partial charge in [-0.15, -0.1) is 0 Å². The Kier molecular flexibility index (Phi) is 4.56. The lowest BCUT2D eigenvalue weighted by Gasteiger charge is -2.22. The second-order valence-electron chi connectivity index (χ2n) is 4.92. The number of carboxylic acids is 1. The van der Waals surface area contributed by atoms with Crippen LogP contribution in [0, 0.1) is 0 Å². The van der Waals surface area contributed by atoms with Gasteiger partial charge in [0, 0.05) is 17.9 Å². The third kappa shape index (κ3) is 3.72. The van der Waals surface area contributed by atoms with Crippen LogP contribution in [0.25, 0.3) is 0 Å². The Bertz CT molecular complexity index is 399. The predicted octanol–water partition coefficient (Wildman–Crippen LogP) is 3.30. The first kappa shape index (κ1) is 12.9. The molecule has 4 heteroatoms. The molecule has 1 saturated carbocycles. The van der Waals surface area contributed by atoms with Gasteiger partial charge in [0.05, 0.1) is 0 Å². The molecule has 1 aliphatic carbocycles. The van der Waals surface area contributed by atoms with Gasteiger partial charge >= 0.3 is 5.97 Å². The number of hydrogen-bond acceptors (Lipinski definition) is 3. The molecule has 0 amide bonds. The van der Waals surface area contributed by atoms with E-state index < -0.39 is 5.97 Å². The summed E-state index contributed by atoms with van der Waals surface area (Å²) in [4.78, 5) is 14.7. The fourth-order valence-electron chi connectivity index (χ4n) is 2.47. The van der Waals surface area contributed by atoms with Crippen molar-refractivity contribution in [1.82, 2.24) is 4.98 Å². The highest BCUT2D eigenvalue weighted by Gasteiger charge is 2.12. The van der Waals surface area contributed by atoms with E-state index in [1.54, 1.807) is 12.3 Å². The molecular formula is C14H20N2O2. The zero-order valence-electron chi connectivity index (χ0n) is 10.6. The molecule has 1 aromatic heterocycles. The van der Waals surface area contributed by atoms with Gasteiger partial charge < -0.3 is 10.4 Å². The Morgan fingerprint density at radius 3 is 2.56 bits per heavy atom. The van der Waals surface area contributed by atoms with E-state index in [2.05, 4.69) is 10.3 Å². The molecule has 0 radical (unpaired) electrons. The Hall–Kier alpha value is -1.58. The van der Waals surface area contributed by atoms with Crippen molar-refractivity contribution < 1.29 is 9.90 Å². The molecule has 18 heavy (non-hydrogen) atoms. The van der Waals surface area contributed by atoms with Gasteiger partial charge in [-0.2, -0.15) is 0 Å². The van der Waals surface area contributed by atoms with Gasteiger partial charge in [-0.25, -0.2) is 9.78 Å². The van der Waals surface area contributed by atoms with E-state index in [1.807, 2.05) is 6.07 Å². The molecule has 1 aliphatic rings. The molecule has 0 aromatic carbocycles. The number of rotatable bonds is 3. The maximum absolute atomic E-state index is 10.9. The number of aromatic carboxylic acids is 1. The minimum Gasteiger partial charge on any atom is -0.477 e. The molecule has 0 saturated heterocycles. The van der Waals surface area contributed by atoms with E-state index in [0.717, 1.165) is 5.69 Å². The monoisotopic (exact) mass is 248 g/mol. The van der Waals surface area contributed by atoms with Gasteiger partial charge in [-0.1, -0.05) is 32.1 Å². The van der Waals surface area contributed by atoms with E-state index >= 15 is 0 Å². The number of pyridine rings is 1. The van der Waals surface area contributed by atoms with Gasteiger partial charge in [-0.3, -0.25) is 0 Å². The fourth-order valence-corrected chi connectivity index (χ4v) is 2.47. The molecule has 1 aromatic rings. The summed E-state index contributed by atoms with van der Waals surface area (Å²) >= 11 is 0. The quantitative estimate of drug-likeness (QED) is 0.861. The van der Waals surface area contributed by atoms with Crippen LogP contribution >= 0.6 is 0 Å². The van der Waals surface area contributed by atoms with Crippen molar-refractivity contribution in [2.75, 3.05) is 5.32 Å². The van der Waals surface area contributed by atoms with Crippen molar-refractivity contribution in [1.29, 1.82) is 0 Å². The summed E-state index contributed by atoms with van der Waals surface area (Å²) in [6, 6.07) is 3.92. The number of nitrogens with one attached hydrogen (secondary N) is 1. The highest BCUT2D eigenvalue weighted by atomic mass is 16.4. The molecule has 1 fully saturated rings. The molecule has 4 nitrogen and oxygen atoms in total. The Labute approximate surface area is 107 Å². The van der Waals surface area contributed by atoms with Crippen molar-refractivity contribution in [3.63, 3.8) is 0 Å².